The van der Waals surface area contributed by atoms with Crippen LogP contribution in [0.15, 0.2) is 72.8 Å². The normalized spacial score (nSPS) is 14.2. The Morgan fingerprint density at radius 1 is 0.900 bits per heavy atom. The number of rotatable bonds is 12. The van der Waals surface area contributed by atoms with Crippen LogP contribution in [0.1, 0.15) is 38.3 Å². The number of aromatic hydroxyl groups is 2. The molecule has 1 unspecified atom stereocenters. The molecule has 0 saturated heterocycles. The Morgan fingerprint density at radius 3 is 1.88 bits per heavy atom. The summed E-state index contributed by atoms with van der Waals surface area (Å²) in [5.41, 5.74) is 1.88. The Bertz CT molecular complexity index is 1240. The fourth-order valence-corrected chi connectivity index (χ4v) is 5.65. The van der Waals surface area contributed by atoms with E-state index < -0.39 is 49.9 Å². The third kappa shape index (κ3) is 8.50. The largest absolute Gasteiger partial charge is 0.492 e. The predicted molar refractivity (Wildman–Crippen MR) is 158 cm³/mol. The van der Waals surface area contributed by atoms with Gasteiger partial charge in [-0.25, -0.2) is 4.79 Å². The lowest BCUT2D eigenvalue weighted by atomic mass is 9.89. The fourth-order valence-electron chi connectivity index (χ4n) is 4.28. The Kier molecular flexibility index (Phi) is 10.3. The van der Waals surface area contributed by atoms with Crippen LogP contribution < -0.4 is 10.2 Å². The van der Waals surface area contributed by atoms with Crippen molar-refractivity contribution in [1.82, 2.24) is 10.0 Å². The summed E-state index contributed by atoms with van der Waals surface area (Å²) >= 11 is 0. The number of hydrogen-bond acceptors (Lipinski definition) is 6. The van der Waals surface area contributed by atoms with Gasteiger partial charge in [0.25, 0.3) is 0 Å². The fraction of sp³-hybridized carbons (Fsp3) is 0.400. The molecule has 2 aromatic carbocycles. The molecule has 0 spiro atoms. The van der Waals surface area contributed by atoms with Crippen molar-refractivity contribution >= 4 is 27.9 Å². The number of aromatic nitrogens is 1. The van der Waals surface area contributed by atoms with Crippen LogP contribution in [0.2, 0.25) is 18.1 Å². The summed E-state index contributed by atoms with van der Waals surface area (Å²) in [6.45, 7) is 10.6. The second-order valence-corrected chi connectivity index (χ2v) is 16.4. The molecule has 3 rings (SSSR count). The molecule has 0 aliphatic heterocycles. The molecule has 1 aromatic heterocycles. The average Bonchev–Trinajstić information content (AvgIpc) is 3.19. The lowest BCUT2D eigenvalue weighted by Gasteiger charge is -2.42. The Hall–Kier alpha value is -3.50. The van der Waals surface area contributed by atoms with Gasteiger partial charge < -0.3 is 24.8 Å². The number of nitrogens with one attached hydrogen (secondary N) is 1. The Balaban J connectivity index is 2.01. The van der Waals surface area contributed by atoms with Crippen LogP contribution in [-0.4, -0.2) is 55.0 Å². The van der Waals surface area contributed by atoms with Crippen LogP contribution in [0.3, 0.4) is 0 Å². The topological polar surface area (TPSA) is 110 Å². The van der Waals surface area contributed by atoms with Crippen molar-refractivity contribution in [3.8, 4) is 11.8 Å². The maximum Gasteiger partial charge on any atom is 0.336 e. The number of nitrogens with zero attached hydrogens (tertiary/aromatic N) is 1. The monoisotopic (exact) mass is 562 g/mol. The van der Waals surface area contributed by atoms with Crippen molar-refractivity contribution in [2.45, 2.75) is 70.3 Å². The summed E-state index contributed by atoms with van der Waals surface area (Å²) in [6, 6.07) is 21.1. The summed E-state index contributed by atoms with van der Waals surface area (Å²) < 4.78 is 7.58. The molecule has 3 atom stereocenters. The SMILES string of the molecule is [B]C(=O)NC(Cc1ccccc1)[C@@H](C[C@H](Cc1ccccc1)C(=O)On1c(O)ccc1O)O[Si](C)(C)C(C)(C)C. The zero-order valence-corrected chi connectivity index (χ0v) is 24.8. The predicted octanol–water partition coefficient (Wildman–Crippen LogP) is 4.98. The summed E-state index contributed by atoms with van der Waals surface area (Å²) in [7, 11) is 3.22. The quantitative estimate of drug-likeness (QED) is 0.269. The highest BCUT2D eigenvalue weighted by molar-refractivity contribution is 6.74. The van der Waals surface area contributed by atoms with Crippen LogP contribution in [0.25, 0.3) is 0 Å². The zero-order chi connectivity index (χ0) is 29.5. The first-order valence-corrected chi connectivity index (χ1v) is 16.3. The van der Waals surface area contributed by atoms with Gasteiger partial charge in [-0.3, -0.25) is 4.79 Å². The van der Waals surface area contributed by atoms with E-state index in [0.29, 0.717) is 17.6 Å². The van der Waals surface area contributed by atoms with E-state index in [0.717, 1.165) is 11.1 Å². The molecule has 1 heterocycles. The maximum atomic E-state index is 13.6. The molecular formula is C30H39BN2O6Si. The molecule has 0 aliphatic rings. The summed E-state index contributed by atoms with van der Waals surface area (Å²) in [6.07, 6.45) is 0.353. The first-order chi connectivity index (χ1) is 18.8. The van der Waals surface area contributed by atoms with Gasteiger partial charge in [0.05, 0.1) is 18.1 Å². The highest BCUT2D eigenvalue weighted by Gasteiger charge is 2.42. The van der Waals surface area contributed by atoms with E-state index in [9.17, 15) is 19.8 Å². The van der Waals surface area contributed by atoms with Gasteiger partial charge in [-0.15, -0.1) is 4.73 Å². The number of amides is 1. The minimum Gasteiger partial charge on any atom is -0.492 e. The first-order valence-electron chi connectivity index (χ1n) is 13.4. The molecule has 212 valence electrons. The van der Waals surface area contributed by atoms with Crippen molar-refractivity contribution in [3.63, 3.8) is 0 Å². The molecule has 0 saturated carbocycles. The van der Waals surface area contributed by atoms with Crippen LogP contribution in [0.4, 0.5) is 4.79 Å². The molecule has 2 radical (unpaired) electrons. The lowest BCUT2D eigenvalue weighted by molar-refractivity contribution is -0.151. The highest BCUT2D eigenvalue weighted by atomic mass is 28.4. The van der Waals surface area contributed by atoms with Gasteiger partial charge in [0.1, 0.15) is 0 Å². The van der Waals surface area contributed by atoms with Gasteiger partial charge in [-0.2, -0.15) is 0 Å². The van der Waals surface area contributed by atoms with Gasteiger partial charge >= 0.3 is 5.97 Å². The third-order valence-corrected chi connectivity index (χ3v) is 12.0. The van der Waals surface area contributed by atoms with Crippen LogP contribution in [0.5, 0.6) is 11.8 Å². The average molecular weight is 563 g/mol. The standard InChI is InChI=1S/C30H39BN2O6Si/c1-30(2,3)40(4,5)39-25(24(32-29(31)37)19-22-14-10-7-11-15-22)20-23(18-21-12-8-6-9-13-21)28(36)38-33-26(34)16-17-27(33)35/h6-17,23-25,34-35H,18-20H2,1-5H3,(H,32,37)/t23-,24?,25+/m0/s1. The lowest BCUT2D eigenvalue weighted by Crippen LogP contribution is -2.53. The molecule has 10 heteroatoms. The second kappa shape index (κ2) is 13.2. The molecule has 3 aromatic rings. The molecule has 8 nitrogen and oxygen atoms in total. The molecule has 0 fully saturated rings. The van der Waals surface area contributed by atoms with Crippen LogP contribution >= 0.6 is 0 Å². The minimum atomic E-state index is -2.40. The van der Waals surface area contributed by atoms with E-state index in [1.165, 1.54) is 12.1 Å². The molecule has 0 aliphatic carbocycles. The van der Waals surface area contributed by atoms with E-state index in [2.05, 4.69) is 39.2 Å². The first kappa shape index (κ1) is 31.0. The number of benzene rings is 2. The van der Waals surface area contributed by atoms with Gasteiger partial charge in [0.15, 0.2) is 14.1 Å². The smallest absolute Gasteiger partial charge is 0.336 e. The van der Waals surface area contributed by atoms with Gasteiger partial charge in [0, 0.05) is 12.1 Å². The molecule has 1 amide bonds. The van der Waals surface area contributed by atoms with Gasteiger partial charge in [-0.1, -0.05) is 81.4 Å². The Labute approximate surface area is 238 Å². The molecule has 40 heavy (non-hydrogen) atoms. The van der Waals surface area contributed by atoms with Crippen molar-refractivity contribution in [2.75, 3.05) is 0 Å². The van der Waals surface area contributed by atoms with Gasteiger partial charge in [-0.05, 0) is 48.5 Å². The highest BCUT2D eigenvalue weighted by Crippen LogP contribution is 2.39. The maximum absolute atomic E-state index is 13.6. The number of hydrogen-bond donors (Lipinski definition) is 3. The van der Waals surface area contributed by atoms with Crippen LogP contribution in [0, 0.1) is 5.92 Å². The zero-order valence-electron chi connectivity index (χ0n) is 23.8. The van der Waals surface area contributed by atoms with Crippen molar-refractivity contribution in [2.24, 2.45) is 5.92 Å². The van der Waals surface area contributed by atoms with Crippen molar-refractivity contribution in [3.05, 3.63) is 83.9 Å². The summed E-state index contributed by atoms with van der Waals surface area (Å²) in [5.74, 6) is -2.90. The summed E-state index contributed by atoms with van der Waals surface area (Å²) in [5, 5.41) is 22.9. The minimum absolute atomic E-state index is 0.145. The van der Waals surface area contributed by atoms with Gasteiger partial charge in [0.2, 0.25) is 19.6 Å². The van der Waals surface area contributed by atoms with E-state index in [1.54, 1.807) is 0 Å². The van der Waals surface area contributed by atoms with Crippen molar-refractivity contribution < 1.29 is 29.1 Å². The van der Waals surface area contributed by atoms with E-state index in [-0.39, 0.29) is 11.5 Å². The second-order valence-electron chi connectivity index (χ2n) is 11.6. The Morgan fingerprint density at radius 2 is 1.40 bits per heavy atom. The molecular weight excluding hydrogens is 523 g/mol. The summed E-state index contributed by atoms with van der Waals surface area (Å²) in [4.78, 5) is 31.2. The van der Waals surface area contributed by atoms with Crippen molar-refractivity contribution in [1.29, 1.82) is 0 Å². The molecule has 3 N–H and O–H groups in total. The van der Waals surface area contributed by atoms with E-state index in [1.807, 2.05) is 60.7 Å². The number of carbonyl (C=O) groups is 2. The van der Waals surface area contributed by atoms with E-state index in [4.69, 9.17) is 17.1 Å². The number of carbonyl (C=O) groups excluding carboxylic acids is 2. The molecule has 0 bridgehead atoms. The van der Waals surface area contributed by atoms with E-state index >= 15 is 0 Å². The van der Waals surface area contributed by atoms with Crippen LogP contribution in [-0.2, 0) is 22.1 Å². The third-order valence-electron chi connectivity index (χ3n) is 7.48.